The van der Waals surface area contributed by atoms with Gasteiger partial charge in [0.1, 0.15) is 0 Å². The number of hydrogen-bond donors (Lipinski definition) is 0. The lowest BCUT2D eigenvalue weighted by molar-refractivity contribution is 0.420. The summed E-state index contributed by atoms with van der Waals surface area (Å²) in [5.41, 5.74) is 1.40. The van der Waals surface area contributed by atoms with Gasteiger partial charge in [-0.25, -0.2) is 0 Å². The largest absolute Gasteiger partial charge is 0.0840 e. The van der Waals surface area contributed by atoms with Crippen molar-refractivity contribution in [1.82, 2.24) is 0 Å². The van der Waals surface area contributed by atoms with Gasteiger partial charge in [0.15, 0.2) is 0 Å². The highest BCUT2D eigenvalue weighted by atomic mass is 35.5. The van der Waals surface area contributed by atoms with Gasteiger partial charge in [-0.2, -0.15) is 0 Å². The molecule has 0 aliphatic heterocycles. The van der Waals surface area contributed by atoms with E-state index in [4.69, 9.17) is 11.6 Å². The fraction of sp³-hybridized carbons (Fsp3) is 0.538. The zero-order valence-corrected chi connectivity index (χ0v) is 9.00. The predicted molar refractivity (Wildman–Crippen MR) is 59.6 cm³/mol. The van der Waals surface area contributed by atoms with E-state index in [2.05, 4.69) is 12.1 Å². The van der Waals surface area contributed by atoms with Crippen LogP contribution in [0.3, 0.4) is 0 Å². The molecule has 1 aromatic carbocycles. The monoisotopic (exact) mass is 206 g/mol. The molecule has 0 heterocycles. The van der Waals surface area contributed by atoms with Crippen LogP contribution < -0.4 is 0 Å². The first kappa shape index (κ1) is 8.79. The Morgan fingerprint density at radius 2 is 2.00 bits per heavy atom. The lowest BCUT2D eigenvalue weighted by Crippen LogP contribution is -2.08. The number of rotatable bonds is 1. The number of benzene rings is 1. The zero-order chi connectivity index (χ0) is 9.54. The maximum atomic E-state index is 6.24. The molecule has 0 spiro atoms. The van der Waals surface area contributed by atoms with Crippen molar-refractivity contribution in [3.8, 4) is 0 Å². The second-order valence-corrected chi connectivity index (χ2v) is 5.13. The van der Waals surface area contributed by atoms with Crippen molar-refractivity contribution in [2.24, 2.45) is 11.8 Å². The normalized spacial score (nSPS) is 35.1. The van der Waals surface area contributed by atoms with Gasteiger partial charge in [0.2, 0.25) is 0 Å². The van der Waals surface area contributed by atoms with E-state index in [9.17, 15) is 0 Å². The standard InChI is InChI=1S/C13H15Cl/c14-13-7-2-1-5-11(13)10-6-3-4-9-8-12(9)10/h1-2,5,7,9-10,12H,3-4,6,8H2/t9?,10-,12?/m1/s1. The van der Waals surface area contributed by atoms with Crippen molar-refractivity contribution in [2.45, 2.75) is 31.6 Å². The molecule has 3 rings (SSSR count). The number of hydrogen-bond acceptors (Lipinski definition) is 0. The van der Waals surface area contributed by atoms with Gasteiger partial charge in [0, 0.05) is 5.02 Å². The van der Waals surface area contributed by atoms with Crippen molar-refractivity contribution in [3.63, 3.8) is 0 Å². The van der Waals surface area contributed by atoms with Crippen LogP contribution in [0.25, 0.3) is 0 Å². The van der Waals surface area contributed by atoms with E-state index < -0.39 is 0 Å². The molecule has 2 fully saturated rings. The Morgan fingerprint density at radius 1 is 1.14 bits per heavy atom. The summed E-state index contributed by atoms with van der Waals surface area (Å²) in [5.74, 6) is 2.76. The predicted octanol–water partition coefficient (Wildman–Crippen LogP) is 4.24. The minimum absolute atomic E-state index is 0.766. The Hall–Kier alpha value is -0.490. The van der Waals surface area contributed by atoms with Gasteiger partial charge >= 0.3 is 0 Å². The van der Waals surface area contributed by atoms with Crippen molar-refractivity contribution >= 4 is 11.6 Å². The molecular weight excluding hydrogens is 192 g/mol. The van der Waals surface area contributed by atoms with E-state index in [1.165, 1.54) is 31.2 Å². The van der Waals surface area contributed by atoms with Gasteiger partial charge in [-0.3, -0.25) is 0 Å². The van der Waals surface area contributed by atoms with Crippen LogP contribution >= 0.6 is 11.6 Å². The molecule has 2 unspecified atom stereocenters. The second kappa shape index (κ2) is 3.27. The summed E-state index contributed by atoms with van der Waals surface area (Å²) < 4.78 is 0. The van der Waals surface area contributed by atoms with Crippen LogP contribution in [0.2, 0.25) is 5.02 Å². The third-order valence-corrected chi connectivity index (χ3v) is 4.23. The molecule has 1 heteroatoms. The molecule has 0 saturated heterocycles. The van der Waals surface area contributed by atoms with Crippen molar-refractivity contribution in [2.75, 3.05) is 0 Å². The first-order valence-corrected chi connectivity index (χ1v) is 5.98. The first-order valence-electron chi connectivity index (χ1n) is 5.60. The third kappa shape index (κ3) is 1.37. The third-order valence-electron chi connectivity index (χ3n) is 3.89. The van der Waals surface area contributed by atoms with Gasteiger partial charge in [-0.1, -0.05) is 42.6 Å². The summed E-state index contributed by atoms with van der Waals surface area (Å²) in [4.78, 5) is 0. The Morgan fingerprint density at radius 3 is 2.86 bits per heavy atom. The SMILES string of the molecule is Clc1ccccc1[C@H]1CCCC2CC21. The summed E-state index contributed by atoms with van der Waals surface area (Å²) in [6.07, 6.45) is 5.67. The van der Waals surface area contributed by atoms with Gasteiger partial charge in [-0.05, 0) is 42.2 Å². The van der Waals surface area contributed by atoms with Crippen molar-refractivity contribution in [1.29, 1.82) is 0 Å². The topological polar surface area (TPSA) is 0 Å². The van der Waals surface area contributed by atoms with Gasteiger partial charge in [0.05, 0.1) is 0 Å². The lowest BCUT2D eigenvalue weighted by atomic mass is 9.84. The molecule has 0 bridgehead atoms. The molecule has 3 atom stereocenters. The van der Waals surface area contributed by atoms with Crippen LogP contribution in [0, 0.1) is 11.8 Å². The van der Waals surface area contributed by atoms with Crippen LogP contribution in [0.15, 0.2) is 24.3 Å². The van der Waals surface area contributed by atoms with E-state index in [0.29, 0.717) is 0 Å². The minimum Gasteiger partial charge on any atom is -0.0840 e. The molecule has 1 aromatic rings. The highest BCUT2D eigenvalue weighted by Crippen LogP contribution is 2.57. The van der Waals surface area contributed by atoms with Crippen LogP contribution in [-0.4, -0.2) is 0 Å². The fourth-order valence-electron chi connectivity index (χ4n) is 3.07. The summed E-state index contributed by atoms with van der Waals surface area (Å²) in [7, 11) is 0. The van der Waals surface area contributed by atoms with E-state index in [-0.39, 0.29) is 0 Å². The van der Waals surface area contributed by atoms with Crippen LogP contribution in [0.1, 0.15) is 37.2 Å². The first-order chi connectivity index (χ1) is 6.86. The fourth-order valence-corrected chi connectivity index (χ4v) is 3.35. The average Bonchev–Trinajstić information content (AvgIpc) is 2.97. The molecule has 2 aliphatic carbocycles. The van der Waals surface area contributed by atoms with E-state index >= 15 is 0 Å². The molecule has 2 aliphatic rings. The molecule has 2 saturated carbocycles. The smallest absolute Gasteiger partial charge is 0.0440 e. The maximum Gasteiger partial charge on any atom is 0.0440 e. The molecule has 0 radical (unpaired) electrons. The summed E-state index contributed by atoms with van der Waals surface area (Å²) in [6, 6.07) is 8.39. The van der Waals surface area contributed by atoms with E-state index in [1.54, 1.807) is 0 Å². The highest BCUT2D eigenvalue weighted by Gasteiger charge is 2.45. The quantitative estimate of drug-likeness (QED) is 0.645. The molecule has 74 valence electrons. The molecule has 0 amide bonds. The summed E-state index contributed by atoms with van der Waals surface area (Å²) in [5, 5.41) is 0.977. The van der Waals surface area contributed by atoms with Gasteiger partial charge in [-0.15, -0.1) is 0 Å². The minimum atomic E-state index is 0.766. The Balaban J connectivity index is 1.91. The number of fused-ring (bicyclic) bond motifs is 1. The van der Waals surface area contributed by atoms with Gasteiger partial charge < -0.3 is 0 Å². The van der Waals surface area contributed by atoms with E-state index in [0.717, 1.165) is 22.8 Å². The summed E-state index contributed by atoms with van der Waals surface area (Å²) in [6.45, 7) is 0. The Labute approximate surface area is 90.3 Å². The molecular formula is C13H15Cl. The average molecular weight is 207 g/mol. The Kier molecular flexibility index (Phi) is 2.05. The second-order valence-electron chi connectivity index (χ2n) is 4.72. The molecule has 0 aromatic heterocycles. The van der Waals surface area contributed by atoms with Crippen LogP contribution in [0.4, 0.5) is 0 Å². The van der Waals surface area contributed by atoms with Crippen LogP contribution in [-0.2, 0) is 0 Å². The van der Waals surface area contributed by atoms with Crippen LogP contribution in [0.5, 0.6) is 0 Å². The van der Waals surface area contributed by atoms with Crippen molar-refractivity contribution < 1.29 is 0 Å². The summed E-state index contributed by atoms with van der Waals surface area (Å²) >= 11 is 6.24. The lowest BCUT2D eigenvalue weighted by Gasteiger charge is -2.22. The zero-order valence-electron chi connectivity index (χ0n) is 8.25. The Bertz CT molecular complexity index is 345. The number of halogens is 1. The molecule has 0 N–H and O–H groups in total. The van der Waals surface area contributed by atoms with Crippen molar-refractivity contribution in [3.05, 3.63) is 34.9 Å². The van der Waals surface area contributed by atoms with Gasteiger partial charge in [0.25, 0.3) is 0 Å². The maximum absolute atomic E-state index is 6.24. The highest BCUT2D eigenvalue weighted by molar-refractivity contribution is 6.31. The van der Waals surface area contributed by atoms with E-state index in [1.807, 2.05) is 12.1 Å². The molecule has 14 heavy (non-hydrogen) atoms. The molecule has 0 nitrogen and oxygen atoms in total.